The molecule has 19 heavy (non-hydrogen) atoms. The lowest BCUT2D eigenvalue weighted by Gasteiger charge is -2.10. The van der Waals surface area contributed by atoms with Crippen LogP contribution in [0.15, 0.2) is 24.4 Å². The lowest BCUT2D eigenvalue weighted by molar-refractivity contribution is 0.586. The second-order valence-corrected chi connectivity index (χ2v) is 4.05. The minimum atomic E-state index is -0.865. The first-order valence-electron chi connectivity index (χ1n) is 5.08. The van der Waals surface area contributed by atoms with E-state index in [9.17, 15) is 8.78 Å². The molecule has 7 heteroatoms. The third-order valence-electron chi connectivity index (χ3n) is 2.30. The van der Waals surface area contributed by atoms with Gasteiger partial charge in [-0.1, -0.05) is 11.6 Å². The average Bonchev–Trinajstić information content (AvgIpc) is 2.35. The highest BCUT2D eigenvalue weighted by molar-refractivity contribution is 6.33. The van der Waals surface area contributed by atoms with E-state index in [1.165, 1.54) is 12.3 Å². The highest BCUT2D eigenvalue weighted by Gasteiger charge is 2.12. The topological polar surface area (TPSA) is 74.7 Å². The van der Waals surface area contributed by atoms with Gasteiger partial charge in [0.05, 0.1) is 22.0 Å². The zero-order valence-corrected chi connectivity index (χ0v) is 10.2. The number of halogens is 3. The highest BCUT2D eigenvalue weighted by Crippen LogP contribution is 2.30. The summed E-state index contributed by atoms with van der Waals surface area (Å²) < 4.78 is 26.5. The zero-order valence-electron chi connectivity index (χ0n) is 9.42. The molecule has 96 valence electrons. The lowest BCUT2D eigenvalue weighted by atomic mass is 10.2. The Morgan fingerprint density at radius 3 is 2.63 bits per heavy atom. The van der Waals surface area contributed by atoms with Crippen LogP contribution in [-0.4, -0.2) is 4.98 Å². The molecule has 0 unspecified atom stereocenters. The Kier molecular flexibility index (Phi) is 3.49. The normalized spacial score (nSPS) is 10.0. The van der Waals surface area contributed by atoms with E-state index in [1.807, 2.05) is 6.07 Å². The van der Waals surface area contributed by atoms with Crippen molar-refractivity contribution in [3.05, 3.63) is 46.6 Å². The van der Waals surface area contributed by atoms with Crippen LogP contribution >= 0.6 is 11.6 Å². The number of nitriles is 1. The second-order valence-electron chi connectivity index (χ2n) is 3.64. The molecule has 0 amide bonds. The number of aromatic nitrogens is 1. The Morgan fingerprint density at radius 2 is 2.05 bits per heavy atom. The number of rotatable bonds is 2. The van der Waals surface area contributed by atoms with Gasteiger partial charge in [-0.15, -0.1) is 0 Å². The molecule has 0 aliphatic carbocycles. The summed E-state index contributed by atoms with van der Waals surface area (Å²) in [6.07, 6.45) is 1.27. The van der Waals surface area contributed by atoms with Gasteiger partial charge >= 0.3 is 0 Å². The van der Waals surface area contributed by atoms with Crippen molar-refractivity contribution in [1.82, 2.24) is 4.98 Å². The van der Waals surface area contributed by atoms with Crippen LogP contribution in [0.25, 0.3) is 0 Å². The van der Waals surface area contributed by atoms with Crippen LogP contribution in [0.1, 0.15) is 5.56 Å². The molecule has 0 atom stereocenters. The molecular weight excluding hydrogens is 274 g/mol. The van der Waals surface area contributed by atoms with Crippen LogP contribution in [0.4, 0.5) is 26.0 Å². The summed E-state index contributed by atoms with van der Waals surface area (Å²) in [5.41, 5.74) is 5.95. The first kappa shape index (κ1) is 13.1. The molecule has 2 aromatic rings. The predicted octanol–water partition coefficient (Wildman–Crippen LogP) is 3.21. The van der Waals surface area contributed by atoms with Crippen molar-refractivity contribution in [2.24, 2.45) is 0 Å². The van der Waals surface area contributed by atoms with E-state index in [-0.39, 0.29) is 27.8 Å². The Morgan fingerprint density at radius 1 is 1.32 bits per heavy atom. The fourth-order valence-corrected chi connectivity index (χ4v) is 1.67. The SMILES string of the molecule is N#Cc1cnc(Nc2c(F)cc(F)cc2Cl)c(N)c1. The fourth-order valence-electron chi connectivity index (χ4n) is 1.43. The van der Waals surface area contributed by atoms with Crippen LogP contribution in [0.2, 0.25) is 5.02 Å². The quantitative estimate of drug-likeness (QED) is 0.886. The van der Waals surface area contributed by atoms with Crippen LogP contribution in [0, 0.1) is 23.0 Å². The van der Waals surface area contributed by atoms with Gasteiger partial charge in [-0.2, -0.15) is 5.26 Å². The van der Waals surface area contributed by atoms with Crippen molar-refractivity contribution < 1.29 is 8.78 Å². The summed E-state index contributed by atoms with van der Waals surface area (Å²) in [6, 6.07) is 4.90. The van der Waals surface area contributed by atoms with Gasteiger partial charge < -0.3 is 11.1 Å². The van der Waals surface area contributed by atoms with E-state index >= 15 is 0 Å². The third-order valence-corrected chi connectivity index (χ3v) is 2.59. The van der Waals surface area contributed by atoms with Crippen molar-refractivity contribution in [2.75, 3.05) is 11.1 Å². The molecular formula is C12H7ClF2N4. The van der Waals surface area contributed by atoms with Gasteiger partial charge in [0, 0.05) is 12.3 Å². The molecule has 1 aromatic carbocycles. The monoisotopic (exact) mass is 280 g/mol. The molecule has 0 radical (unpaired) electrons. The number of nitrogens with zero attached hydrogens (tertiary/aromatic N) is 2. The largest absolute Gasteiger partial charge is 0.396 e. The molecule has 2 rings (SSSR count). The summed E-state index contributed by atoms with van der Waals surface area (Å²) in [6.45, 7) is 0. The summed E-state index contributed by atoms with van der Waals surface area (Å²) in [4.78, 5) is 3.87. The van der Waals surface area contributed by atoms with E-state index in [2.05, 4.69) is 10.3 Å². The third kappa shape index (κ3) is 2.72. The van der Waals surface area contributed by atoms with Gasteiger partial charge in [0.2, 0.25) is 0 Å². The van der Waals surface area contributed by atoms with Gasteiger partial charge in [0.1, 0.15) is 11.9 Å². The average molecular weight is 281 g/mol. The van der Waals surface area contributed by atoms with Gasteiger partial charge in [0.25, 0.3) is 0 Å². The predicted molar refractivity (Wildman–Crippen MR) is 68.0 cm³/mol. The molecule has 3 N–H and O–H groups in total. The first-order chi connectivity index (χ1) is 9.01. The van der Waals surface area contributed by atoms with Crippen molar-refractivity contribution in [3.63, 3.8) is 0 Å². The van der Waals surface area contributed by atoms with Crippen molar-refractivity contribution >= 4 is 28.8 Å². The molecule has 0 saturated heterocycles. The number of nitrogens with one attached hydrogen (secondary N) is 1. The molecule has 0 aliphatic heterocycles. The van der Waals surface area contributed by atoms with Crippen LogP contribution in [-0.2, 0) is 0 Å². The van der Waals surface area contributed by atoms with E-state index in [0.29, 0.717) is 6.07 Å². The van der Waals surface area contributed by atoms with Crippen LogP contribution in [0.5, 0.6) is 0 Å². The second kappa shape index (κ2) is 5.08. The number of pyridine rings is 1. The van der Waals surface area contributed by atoms with E-state index in [4.69, 9.17) is 22.6 Å². The summed E-state index contributed by atoms with van der Waals surface area (Å²) in [7, 11) is 0. The Balaban J connectivity index is 2.40. The number of anilines is 3. The van der Waals surface area contributed by atoms with Crippen molar-refractivity contribution in [1.29, 1.82) is 5.26 Å². The molecule has 1 heterocycles. The standard InChI is InChI=1S/C12H7ClF2N4/c13-8-2-7(14)3-9(15)11(8)19-12-10(17)1-6(4-16)5-18-12/h1-3,5H,17H2,(H,18,19). The maximum Gasteiger partial charge on any atom is 0.153 e. The van der Waals surface area contributed by atoms with Gasteiger partial charge in [-0.05, 0) is 12.1 Å². The summed E-state index contributed by atoms with van der Waals surface area (Å²) in [5.74, 6) is -1.52. The van der Waals surface area contributed by atoms with Crippen LogP contribution < -0.4 is 11.1 Å². The Labute approximate surface area is 112 Å². The Hall–Kier alpha value is -2.39. The number of benzene rings is 1. The molecule has 0 fully saturated rings. The minimum Gasteiger partial charge on any atom is -0.396 e. The molecule has 0 saturated carbocycles. The first-order valence-corrected chi connectivity index (χ1v) is 5.46. The fraction of sp³-hybridized carbons (Fsp3) is 0. The maximum absolute atomic E-state index is 13.6. The smallest absolute Gasteiger partial charge is 0.153 e. The summed E-state index contributed by atoms with van der Waals surface area (Å²) in [5, 5.41) is 11.1. The number of nitrogens with two attached hydrogens (primary N) is 1. The number of hydrogen-bond acceptors (Lipinski definition) is 4. The molecule has 0 bridgehead atoms. The maximum atomic E-state index is 13.6. The summed E-state index contributed by atoms with van der Waals surface area (Å²) >= 11 is 5.73. The number of nitrogen functional groups attached to an aromatic ring is 1. The molecule has 0 spiro atoms. The van der Waals surface area contributed by atoms with Gasteiger partial charge in [0.15, 0.2) is 11.6 Å². The van der Waals surface area contributed by atoms with Crippen molar-refractivity contribution in [3.8, 4) is 6.07 Å². The van der Waals surface area contributed by atoms with E-state index in [1.54, 1.807) is 0 Å². The van der Waals surface area contributed by atoms with E-state index < -0.39 is 11.6 Å². The van der Waals surface area contributed by atoms with E-state index in [0.717, 1.165) is 6.07 Å². The van der Waals surface area contributed by atoms with Gasteiger partial charge in [-0.25, -0.2) is 13.8 Å². The molecule has 4 nitrogen and oxygen atoms in total. The minimum absolute atomic E-state index is 0.131. The molecule has 0 aliphatic rings. The lowest BCUT2D eigenvalue weighted by Crippen LogP contribution is -2.02. The Bertz CT molecular complexity index is 659. The molecule has 1 aromatic heterocycles. The van der Waals surface area contributed by atoms with Gasteiger partial charge in [-0.3, -0.25) is 0 Å². The van der Waals surface area contributed by atoms with Crippen LogP contribution in [0.3, 0.4) is 0 Å². The number of hydrogen-bond donors (Lipinski definition) is 2. The zero-order chi connectivity index (χ0) is 14.0. The van der Waals surface area contributed by atoms with Crippen molar-refractivity contribution in [2.45, 2.75) is 0 Å². The highest BCUT2D eigenvalue weighted by atomic mass is 35.5.